The molecule has 1 rings (SSSR count). The minimum atomic E-state index is -1.33. The minimum Gasteiger partial charge on any atom is -0.545 e. The van der Waals surface area contributed by atoms with Gasteiger partial charge in [0.25, 0.3) is 0 Å². The highest BCUT2D eigenvalue weighted by molar-refractivity contribution is 9.08. The Morgan fingerprint density at radius 2 is 2.00 bits per heavy atom. The number of hydrogen-bond acceptors (Lipinski definition) is 2. The smallest absolute Gasteiger partial charge is 0.0730 e. The van der Waals surface area contributed by atoms with Gasteiger partial charge in [0, 0.05) is 10.9 Å². The van der Waals surface area contributed by atoms with Crippen molar-refractivity contribution >= 4 is 45.1 Å². The van der Waals surface area contributed by atoms with E-state index in [4.69, 9.17) is 23.2 Å². The van der Waals surface area contributed by atoms with Gasteiger partial charge in [-0.1, -0.05) is 51.3 Å². The summed E-state index contributed by atoms with van der Waals surface area (Å²) in [6.07, 6.45) is 0. The van der Waals surface area contributed by atoms with Crippen LogP contribution in [0.25, 0.3) is 0 Å². The van der Waals surface area contributed by atoms with Crippen LogP contribution in [0.15, 0.2) is 12.1 Å². The SMILES string of the molecule is O=C([O-])c1ccc(CBr)c(Cl)c1Cl. The third-order valence-electron chi connectivity index (χ3n) is 1.53. The number of carbonyl (C=O) groups is 1. The van der Waals surface area contributed by atoms with Gasteiger partial charge in [0.05, 0.1) is 16.0 Å². The van der Waals surface area contributed by atoms with Crippen LogP contribution in [0.2, 0.25) is 10.0 Å². The Morgan fingerprint density at radius 3 is 2.46 bits per heavy atom. The molecule has 0 unspecified atom stereocenters. The summed E-state index contributed by atoms with van der Waals surface area (Å²) in [4.78, 5) is 10.5. The summed E-state index contributed by atoms with van der Waals surface area (Å²) in [6.45, 7) is 0. The predicted octanol–water partition coefficient (Wildman–Crippen LogP) is 2.25. The second-order valence-corrected chi connectivity index (χ2v) is 3.64. The molecule has 0 aliphatic rings. The summed E-state index contributed by atoms with van der Waals surface area (Å²) >= 11 is 14.7. The molecule has 13 heavy (non-hydrogen) atoms. The van der Waals surface area contributed by atoms with Crippen LogP contribution >= 0.6 is 39.1 Å². The maximum atomic E-state index is 10.5. The summed E-state index contributed by atoms with van der Waals surface area (Å²) in [5.41, 5.74) is 0.660. The van der Waals surface area contributed by atoms with Crippen LogP contribution < -0.4 is 5.11 Å². The summed E-state index contributed by atoms with van der Waals surface area (Å²) < 4.78 is 0. The molecular formula is C8H4BrCl2O2-. The Hall–Kier alpha value is -0.250. The third kappa shape index (κ3) is 2.16. The lowest BCUT2D eigenvalue weighted by molar-refractivity contribution is -0.255. The molecule has 1 aromatic carbocycles. The number of benzene rings is 1. The Morgan fingerprint density at radius 1 is 1.38 bits per heavy atom. The van der Waals surface area contributed by atoms with E-state index >= 15 is 0 Å². The van der Waals surface area contributed by atoms with Crippen molar-refractivity contribution < 1.29 is 9.90 Å². The Bertz CT molecular complexity index is 352. The average molecular weight is 283 g/mol. The van der Waals surface area contributed by atoms with E-state index in [1.165, 1.54) is 6.07 Å². The lowest BCUT2D eigenvalue weighted by Gasteiger charge is -2.08. The van der Waals surface area contributed by atoms with Gasteiger partial charge in [0.15, 0.2) is 0 Å². The van der Waals surface area contributed by atoms with E-state index in [9.17, 15) is 9.90 Å². The van der Waals surface area contributed by atoms with Gasteiger partial charge in [-0.2, -0.15) is 0 Å². The molecule has 0 bridgehead atoms. The van der Waals surface area contributed by atoms with E-state index in [0.29, 0.717) is 5.33 Å². The summed E-state index contributed by atoms with van der Waals surface area (Å²) in [5.74, 6) is -1.33. The lowest BCUT2D eigenvalue weighted by Crippen LogP contribution is -2.22. The summed E-state index contributed by atoms with van der Waals surface area (Å²) in [6, 6.07) is 2.97. The molecule has 0 aliphatic heterocycles. The topological polar surface area (TPSA) is 40.1 Å². The fourth-order valence-corrected chi connectivity index (χ4v) is 1.97. The van der Waals surface area contributed by atoms with Gasteiger partial charge in [0.1, 0.15) is 0 Å². The second kappa shape index (κ2) is 4.31. The van der Waals surface area contributed by atoms with E-state index < -0.39 is 5.97 Å². The number of alkyl halides is 1. The van der Waals surface area contributed by atoms with Gasteiger partial charge >= 0.3 is 0 Å². The summed E-state index contributed by atoms with van der Waals surface area (Å²) in [5, 5.41) is 11.3. The number of rotatable bonds is 2. The van der Waals surface area contributed by atoms with Gasteiger partial charge in [0.2, 0.25) is 0 Å². The Balaban J connectivity index is 3.31. The van der Waals surface area contributed by atoms with E-state index in [0.717, 1.165) is 5.56 Å². The van der Waals surface area contributed by atoms with Crippen LogP contribution in [-0.2, 0) is 5.33 Å². The number of aromatic carboxylic acids is 1. The van der Waals surface area contributed by atoms with Crippen molar-refractivity contribution in [2.24, 2.45) is 0 Å². The van der Waals surface area contributed by atoms with Crippen molar-refractivity contribution in [3.63, 3.8) is 0 Å². The molecule has 0 fully saturated rings. The maximum Gasteiger partial charge on any atom is 0.0730 e. The molecule has 0 amide bonds. The lowest BCUT2D eigenvalue weighted by atomic mass is 10.1. The molecule has 0 heterocycles. The maximum absolute atomic E-state index is 10.5. The molecular weight excluding hydrogens is 279 g/mol. The highest BCUT2D eigenvalue weighted by Crippen LogP contribution is 2.30. The highest BCUT2D eigenvalue weighted by Gasteiger charge is 2.09. The molecule has 5 heteroatoms. The molecule has 0 radical (unpaired) electrons. The first-order chi connectivity index (χ1) is 6.07. The van der Waals surface area contributed by atoms with Crippen LogP contribution in [-0.4, -0.2) is 5.97 Å². The van der Waals surface area contributed by atoms with Crippen LogP contribution in [0, 0.1) is 0 Å². The van der Waals surface area contributed by atoms with Crippen molar-refractivity contribution in [2.45, 2.75) is 5.33 Å². The van der Waals surface area contributed by atoms with Gasteiger partial charge < -0.3 is 9.90 Å². The monoisotopic (exact) mass is 281 g/mol. The van der Waals surface area contributed by atoms with Crippen molar-refractivity contribution in [3.8, 4) is 0 Å². The van der Waals surface area contributed by atoms with E-state index in [-0.39, 0.29) is 15.6 Å². The number of hydrogen-bond donors (Lipinski definition) is 0. The Kier molecular flexibility index (Phi) is 3.59. The number of carboxylic acids is 1. The molecule has 0 atom stereocenters. The molecule has 2 nitrogen and oxygen atoms in total. The molecule has 0 saturated carbocycles. The molecule has 0 spiro atoms. The van der Waals surface area contributed by atoms with Crippen LogP contribution in [0.1, 0.15) is 15.9 Å². The van der Waals surface area contributed by atoms with E-state index in [1.54, 1.807) is 6.07 Å². The molecule has 0 aliphatic carbocycles. The standard InChI is InChI=1S/C8H5BrCl2O2/c9-3-4-1-2-5(8(12)13)7(11)6(4)10/h1-2H,3H2,(H,12,13)/p-1. The van der Waals surface area contributed by atoms with Crippen LogP contribution in [0.3, 0.4) is 0 Å². The number of halogens is 3. The van der Waals surface area contributed by atoms with Gasteiger partial charge in [-0.3, -0.25) is 0 Å². The molecule has 70 valence electrons. The van der Waals surface area contributed by atoms with E-state index in [1.807, 2.05) is 0 Å². The Labute approximate surface area is 93.6 Å². The fraction of sp³-hybridized carbons (Fsp3) is 0.125. The fourth-order valence-electron chi connectivity index (χ4n) is 0.850. The zero-order valence-electron chi connectivity index (χ0n) is 6.31. The zero-order valence-corrected chi connectivity index (χ0v) is 9.41. The second-order valence-electron chi connectivity index (χ2n) is 2.32. The molecule has 1 aromatic rings. The van der Waals surface area contributed by atoms with Gasteiger partial charge in [-0.15, -0.1) is 0 Å². The normalized spacial score (nSPS) is 10.1. The number of carbonyl (C=O) groups excluding carboxylic acids is 1. The zero-order chi connectivity index (χ0) is 10.0. The van der Waals surface area contributed by atoms with E-state index in [2.05, 4.69) is 15.9 Å². The van der Waals surface area contributed by atoms with Gasteiger partial charge in [-0.05, 0) is 5.56 Å². The number of carboxylic acid groups (broad SMARTS) is 1. The minimum absolute atomic E-state index is 0.0265. The van der Waals surface area contributed by atoms with Crippen LogP contribution in [0.4, 0.5) is 0 Å². The predicted molar refractivity (Wildman–Crippen MR) is 53.4 cm³/mol. The molecule has 0 saturated heterocycles. The average Bonchev–Trinajstić information content (AvgIpc) is 2.09. The first kappa shape index (κ1) is 10.8. The highest BCUT2D eigenvalue weighted by atomic mass is 79.9. The third-order valence-corrected chi connectivity index (χ3v) is 3.05. The van der Waals surface area contributed by atoms with Crippen molar-refractivity contribution in [1.82, 2.24) is 0 Å². The first-order valence-corrected chi connectivity index (χ1v) is 5.20. The largest absolute Gasteiger partial charge is 0.545 e. The van der Waals surface area contributed by atoms with Crippen molar-refractivity contribution in [3.05, 3.63) is 33.3 Å². The van der Waals surface area contributed by atoms with Crippen LogP contribution in [0.5, 0.6) is 0 Å². The van der Waals surface area contributed by atoms with Crippen molar-refractivity contribution in [2.75, 3.05) is 0 Å². The van der Waals surface area contributed by atoms with Crippen molar-refractivity contribution in [1.29, 1.82) is 0 Å². The molecule has 0 aromatic heterocycles. The molecule has 0 N–H and O–H groups in total. The quantitative estimate of drug-likeness (QED) is 0.781. The van der Waals surface area contributed by atoms with Gasteiger partial charge in [-0.25, -0.2) is 0 Å². The first-order valence-electron chi connectivity index (χ1n) is 3.32. The summed E-state index contributed by atoms with van der Waals surface area (Å²) in [7, 11) is 0.